The molecule has 0 saturated heterocycles. The van der Waals surface area contributed by atoms with Crippen LogP contribution in [0.15, 0.2) is 24.4 Å². The Morgan fingerprint density at radius 1 is 1.36 bits per heavy atom. The van der Waals surface area contributed by atoms with Crippen molar-refractivity contribution in [3.8, 4) is 0 Å². The summed E-state index contributed by atoms with van der Waals surface area (Å²) in [6.07, 6.45) is 1.74. The van der Waals surface area contributed by atoms with Gasteiger partial charge in [0, 0.05) is 23.9 Å². The van der Waals surface area contributed by atoms with Crippen LogP contribution in [-0.4, -0.2) is 37.8 Å². The van der Waals surface area contributed by atoms with E-state index in [1.165, 1.54) is 4.80 Å². The van der Waals surface area contributed by atoms with E-state index in [9.17, 15) is 4.79 Å². The predicted octanol–water partition coefficient (Wildman–Crippen LogP) is 1.75. The van der Waals surface area contributed by atoms with Crippen molar-refractivity contribution in [2.75, 3.05) is 11.9 Å². The van der Waals surface area contributed by atoms with E-state index in [1.807, 2.05) is 45.9 Å². The summed E-state index contributed by atoms with van der Waals surface area (Å²) in [5.41, 5.74) is 0.640. The number of urea groups is 1. The maximum Gasteiger partial charge on any atom is 0.321 e. The lowest BCUT2D eigenvalue weighted by atomic mass is 9.89. The Kier molecular flexibility index (Phi) is 4.69. The van der Waals surface area contributed by atoms with E-state index in [0.29, 0.717) is 6.54 Å². The monoisotopic (exact) mass is 303 g/mol. The first-order chi connectivity index (χ1) is 10.4. The van der Waals surface area contributed by atoms with Gasteiger partial charge in [0.05, 0.1) is 6.04 Å². The summed E-state index contributed by atoms with van der Waals surface area (Å²) < 4.78 is 0. The fourth-order valence-corrected chi connectivity index (χ4v) is 1.79. The molecule has 0 saturated carbocycles. The molecule has 22 heavy (non-hydrogen) atoms. The smallest absolute Gasteiger partial charge is 0.321 e. The molecule has 8 heteroatoms. The third kappa shape index (κ3) is 4.00. The van der Waals surface area contributed by atoms with Gasteiger partial charge in [0.25, 0.3) is 5.95 Å². The highest BCUT2D eigenvalue weighted by atomic mass is 16.2. The summed E-state index contributed by atoms with van der Waals surface area (Å²) in [4.78, 5) is 17.7. The van der Waals surface area contributed by atoms with E-state index in [4.69, 9.17) is 0 Å². The van der Waals surface area contributed by atoms with Crippen LogP contribution < -0.4 is 10.6 Å². The minimum atomic E-state index is -0.368. The van der Waals surface area contributed by atoms with Gasteiger partial charge in [-0.15, -0.1) is 5.10 Å². The van der Waals surface area contributed by atoms with Crippen LogP contribution in [0.3, 0.4) is 0 Å². The first-order valence-corrected chi connectivity index (χ1v) is 7.14. The maximum atomic E-state index is 11.9. The minimum Gasteiger partial charge on any atom is -0.337 e. The van der Waals surface area contributed by atoms with E-state index >= 15 is 0 Å². The van der Waals surface area contributed by atoms with E-state index in [0.717, 1.165) is 5.69 Å². The molecule has 0 atom stereocenters. The largest absolute Gasteiger partial charge is 0.337 e. The van der Waals surface area contributed by atoms with Crippen LogP contribution in [0.25, 0.3) is 0 Å². The second-order valence-corrected chi connectivity index (χ2v) is 5.93. The molecule has 0 aromatic carbocycles. The van der Waals surface area contributed by atoms with Crippen molar-refractivity contribution in [3.05, 3.63) is 30.1 Å². The van der Waals surface area contributed by atoms with Crippen LogP contribution in [0.4, 0.5) is 10.7 Å². The molecule has 2 aromatic heterocycles. The van der Waals surface area contributed by atoms with Crippen molar-refractivity contribution >= 4 is 12.0 Å². The molecule has 2 rings (SSSR count). The van der Waals surface area contributed by atoms with Gasteiger partial charge in [-0.25, -0.2) is 4.79 Å². The number of carbonyl (C=O) groups excluding carboxylic acids is 1. The number of tetrazole rings is 1. The second-order valence-electron chi connectivity index (χ2n) is 5.93. The Bertz CT molecular complexity index is 621. The molecule has 2 heterocycles. The van der Waals surface area contributed by atoms with Gasteiger partial charge in [-0.3, -0.25) is 10.3 Å². The Balaban J connectivity index is 1.89. The summed E-state index contributed by atoms with van der Waals surface area (Å²) in [6.45, 7) is 8.34. The number of pyridine rings is 1. The molecule has 0 aliphatic carbocycles. The van der Waals surface area contributed by atoms with Crippen LogP contribution in [0.1, 0.15) is 39.4 Å². The lowest BCUT2D eigenvalue weighted by molar-refractivity contribution is 0.249. The van der Waals surface area contributed by atoms with Crippen molar-refractivity contribution < 1.29 is 4.79 Å². The number of rotatable bonds is 5. The Morgan fingerprint density at radius 3 is 2.73 bits per heavy atom. The van der Waals surface area contributed by atoms with Crippen molar-refractivity contribution in [2.45, 2.75) is 39.2 Å². The van der Waals surface area contributed by atoms with Crippen molar-refractivity contribution in [2.24, 2.45) is 0 Å². The zero-order chi connectivity index (χ0) is 16.2. The molecular weight excluding hydrogens is 282 g/mol. The molecule has 2 aromatic rings. The average Bonchev–Trinajstić information content (AvgIpc) is 2.95. The fraction of sp³-hybridized carbons (Fsp3) is 0.500. The van der Waals surface area contributed by atoms with Crippen LogP contribution >= 0.6 is 0 Å². The van der Waals surface area contributed by atoms with E-state index in [1.54, 1.807) is 6.20 Å². The second kappa shape index (κ2) is 6.50. The average molecular weight is 303 g/mol. The molecule has 0 spiro atoms. The topological polar surface area (TPSA) is 97.6 Å². The van der Waals surface area contributed by atoms with Gasteiger partial charge in [0.15, 0.2) is 0 Å². The lowest BCUT2D eigenvalue weighted by Gasteiger charge is -2.24. The van der Waals surface area contributed by atoms with E-state index < -0.39 is 0 Å². The summed E-state index contributed by atoms with van der Waals surface area (Å²) in [7, 11) is 0. The normalized spacial score (nSPS) is 11.5. The highest BCUT2D eigenvalue weighted by molar-refractivity contribution is 5.87. The fourth-order valence-electron chi connectivity index (χ4n) is 1.79. The number of hydrogen-bond donors (Lipinski definition) is 2. The molecule has 0 bridgehead atoms. The van der Waals surface area contributed by atoms with Gasteiger partial charge in [-0.05, 0) is 31.2 Å². The number of hydrogen-bond acceptors (Lipinski definition) is 5. The summed E-state index contributed by atoms with van der Waals surface area (Å²) in [6, 6.07) is 5.46. The highest BCUT2D eigenvalue weighted by Crippen LogP contribution is 2.19. The number of amides is 2. The first-order valence-electron chi connectivity index (χ1n) is 7.14. The maximum absolute atomic E-state index is 11.9. The van der Waals surface area contributed by atoms with Gasteiger partial charge in [-0.2, -0.15) is 4.80 Å². The van der Waals surface area contributed by atoms with Crippen molar-refractivity contribution in [3.63, 3.8) is 0 Å². The molecule has 0 aliphatic heterocycles. The van der Waals surface area contributed by atoms with Crippen molar-refractivity contribution in [1.29, 1.82) is 0 Å². The van der Waals surface area contributed by atoms with Crippen LogP contribution in [0.2, 0.25) is 0 Å². The highest BCUT2D eigenvalue weighted by Gasteiger charge is 2.22. The lowest BCUT2D eigenvalue weighted by Crippen LogP contribution is -2.39. The van der Waals surface area contributed by atoms with Crippen LogP contribution in [0.5, 0.6) is 0 Å². The predicted molar refractivity (Wildman–Crippen MR) is 82.5 cm³/mol. The molecule has 2 N–H and O–H groups in total. The molecule has 118 valence electrons. The van der Waals surface area contributed by atoms with Gasteiger partial charge in [0.2, 0.25) is 0 Å². The Hall–Kier alpha value is -2.51. The minimum absolute atomic E-state index is 0.0919. The summed E-state index contributed by atoms with van der Waals surface area (Å²) in [5.74, 6) is 0.182. The zero-order valence-corrected chi connectivity index (χ0v) is 13.2. The van der Waals surface area contributed by atoms with Crippen LogP contribution in [0, 0.1) is 0 Å². The molecular formula is C14H21N7O. The third-order valence-corrected chi connectivity index (χ3v) is 3.16. The van der Waals surface area contributed by atoms with Crippen LogP contribution in [-0.2, 0) is 5.41 Å². The standard InChI is InChI=1S/C14H21N7O/c1-10(2)21-19-12(18-20-21)17-13(22)16-9-14(3,4)11-7-5-6-8-15-11/h5-8,10H,9H2,1-4H3,(H2,16,17,19,22). The van der Waals surface area contributed by atoms with E-state index in [2.05, 4.69) is 31.0 Å². The number of nitrogens with one attached hydrogen (secondary N) is 2. The molecule has 8 nitrogen and oxygen atoms in total. The van der Waals surface area contributed by atoms with Gasteiger partial charge >= 0.3 is 6.03 Å². The van der Waals surface area contributed by atoms with Gasteiger partial charge in [-0.1, -0.05) is 25.0 Å². The molecule has 0 fully saturated rings. The number of aromatic nitrogens is 5. The summed E-state index contributed by atoms with van der Waals surface area (Å²) in [5, 5.41) is 17.1. The SMILES string of the molecule is CC(C)n1nnc(NC(=O)NCC(C)(C)c2ccccn2)n1. The van der Waals surface area contributed by atoms with Gasteiger partial charge < -0.3 is 5.32 Å². The molecule has 0 unspecified atom stereocenters. The molecule has 2 amide bonds. The van der Waals surface area contributed by atoms with Gasteiger partial charge in [0.1, 0.15) is 0 Å². The quantitative estimate of drug-likeness (QED) is 0.877. The number of anilines is 1. The molecule has 0 radical (unpaired) electrons. The number of carbonyl (C=O) groups is 1. The number of nitrogens with zero attached hydrogens (tertiary/aromatic N) is 5. The van der Waals surface area contributed by atoms with E-state index in [-0.39, 0.29) is 23.4 Å². The third-order valence-electron chi connectivity index (χ3n) is 3.16. The first kappa shape index (κ1) is 15.9. The Morgan fingerprint density at radius 2 is 2.14 bits per heavy atom. The Labute approximate surface area is 129 Å². The van der Waals surface area contributed by atoms with Crippen molar-refractivity contribution in [1.82, 2.24) is 30.5 Å². The molecule has 0 aliphatic rings. The summed E-state index contributed by atoms with van der Waals surface area (Å²) >= 11 is 0. The zero-order valence-electron chi connectivity index (χ0n) is 13.2.